The van der Waals surface area contributed by atoms with E-state index < -0.39 is 0 Å². The quantitative estimate of drug-likeness (QED) is 0.690. The van der Waals surface area contributed by atoms with Crippen molar-refractivity contribution in [3.05, 3.63) is 0 Å². The molecule has 0 spiro atoms. The van der Waals surface area contributed by atoms with Crippen LogP contribution in [0, 0.1) is 5.92 Å². The molecular weight excluding hydrogens is 164 g/mol. The van der Waals surface area contributed by atoms with Gasteiger partial charge in [0.05, 0.1) is 6.04 Å². The molecular formula is C10H20N2O. The fourth-order valence-electron chi connectivity index (χ4n) is 1.98. The van der Waals surface area contributed by atoms with Crippen LogP contribution in [0.2, 0.25) is 0 Å². The topological polar surface area (TPSA) is 32.3 Å². The second-order valence-electron chi connectivity index (χ2n) is 4.19. The van der Waals surface area contributed by atoms with Crippen LogP contribution in [0.25, 0.3) is 0 Å². The van der Waals surface area contributed by atoms with Crippen molar-refractivity contribution in [2.45, 2.75) is 39.3 Å². The van der Waals surface area contributed by atoms with E-state index in [0.29, 0.717) is 12.0 Å². The van der Waals surface area contributed by atoms with E-state index in [1.165, 1.54) is 0 Å². The van der Waals surface area contributed by atoms with Gasteiger partial charge in [0.1, 0.15) is 0 Å². The highest BCUT2D eigenvalue weighted by atomic mass is 16.2. The van der Waals surface area contributed by atoms with Gasteiger partial charge in [-0.2, -0.15) is 0 Å². The summed E-state index contributed by atoms with van der Waals surface area (Å²) < 4.78 is 0. The molecule has 13 heavy (non-hydrogen) atoms. The molecule has 0 aromatic carbocycles. The number of carbonyl (C=O) groups is 1. The zero-order valence-corrected chi connectivity index (χ0v) is 9.00. The van der Waals surface area contributed by atoms with E-state index in [-0.39, 0.29) is 11.9 Å². The molecule has 0 saturated carbocycles. The molecule has 0 bridgehead atoms. The van der Waals surface area contributed by atoms with Gasteiger partial charge in [-0.15, -0.1) is 0 Å². The first-order valence-corrected chi connectivity index (χ1v) is 5.04. The van der Waals surface area contributed by atoms with Crippen molar-refractivity contribution in [1.82, 2.24) is 10.2 Å². The summed E-state index contributed by atoms with van der Waals surface area (Å²) in [6.45, 7) is 7.17. The average molecular weight is 184 g/mol. The third kappa shape index (κ3) is 2.21. The van der Waals surface area contributed by atoms with Gasteiger partial charge in [-0.25, -0.2) is 0 Å². The maximum Gasteiger partial charge on any atom is 0.239 e. The van der Waals surface area contributed by atoms with Gasteiger partial charge in [-0.3, -0.25) is 4.79 Å². The third-order valence-corrected chi connectivity index (χ3v) is 2.87. The zero-order chi connectivity index (χ0) is 10.0. The molecule has 0 aromatic rings. The van der Waals surface area contributed by atoms with Gasteiger partial charge >= 0.3 is 0 Å². The number of carbonyl (C=O) groups excluding carboxylic acids is 1. The van der Waals surface area contributed by atoms with Crippen LogP contribution in [0.3, 0.4) is 0 Å². The van der Waals surface area contributed by atoms with Crippen molar-refractivity contribution in [2.24, 2.45) is 5.92 Å². The summed E-state index contributed by atoms with van der Waals surface area (Å²) in [5.74, 6) is 0.891. The fourth-order valence-corrected chi connectivity index (χ4v) is 1.98. The lowest BCUT2D eigenvalue weighted by atomic mass is 10.1. The Morgan fingerprint density at radius 1 is 1.54 bits per heavy atom. The molecule has 1 amide bonds. The number of nitrogens with zero attached hydrogens (tertiary/aromatic N) is 1. The zero-order valence-electron chi connectivity index (χ0n) is 9.00. The van der Waals surface area contributed by atoms with Gasteiger partial charge in [0.25, 0.3) is 0 Å². The Morgan fingerprint density at radius 3 is 2.54 bits per heavy atom. The van der Waals surface area contributed by atoms with Crippen LogP contribution in [0.4, 0.5) is 0 Å². The second kappa shape index (κ2) is 4.09. The standard InChI is InChI=1S/C10H20N2O/c1-7-5-8(2)12(6-7)10(13)9(3)11-4/h7-9,11H,5-6H2,1-4H3/t7?,8?,9-/m0/s1. The van der Waals surface area contributed by atoms with Crippen molar-refractivity contribution >= 4 is 5.91 Å². The number of likely N-dealkylation sites (tertiary alicyclic amines) is 1. The monoisotopic (exact) mass is 184 g/mol. The Kier molecular flexibility index (Phi) is 3.31. The smallest absolute Gasteiger partial charge is 0.239 e. The molecule has 0 radical (unpaired) electrons. The minimum Gasteiger partial charge on any atom is -0.338 e. The Bertz CT molecular complexity index is 193. The molecule has 3 atom stereocenters. The van der Waals surface area contributed by atoms with Crippen LogP contribution in [-0.2, 0) is 4.79 Å². The van der Waals surface area contributed by atoms with Crippen LogP contribution in [-0.4, -0.2) is 36.5 Å². The Labute approximate surface area is 80.5 Å². The molecule has 1 aliphatic rings. The van der Waals surface area contributed by atoms with E-state index >= 15 is 0 Å². The van der Waals surface area contributed by atoms with E-state index in [2.05, 4.69) is 19.2 Å². The third-order valence-electron chi connectivity index (χ3n) is 2.87. The number of amides is 1. The molecule has 1 heterocycles. The van der Waals surface area contributed by atoms with Gasteiger partial charge in [0, 0.05) is 12.6 Å². The van der Waals surface area contributed by atoms with E-state index in [9.17, 15) is 4.79 Å². The SMILES string of the molecule is CN[C@@H](C)C(=O)N1CC(C)CC1C. The van der Waals surface area contributed by atoms with E-state index in [1.807, 2.05) is 18.9 Å². The maximum absolute atomic E-state index is 11.8. The summed E-state index contributed by atoms with van der Waals surface area (Å²) in [4.78, 5) is 13.8. The lowest BCUT2D eigenvalue weighted by Crippen LogP contribution is -2.45. The lowest BCUT2D eigenvalue weighted by molar-refractivity contribution is -0.133. The largest absolute Gasteiger partial charge is 0.338 e. The first-order valence-electron chi connectivity index (χ1n) is 5.04. The first kappa shape index (κ1) is 10.5. The fraction of sp³-hybridized carbons (Fsp3) is 0.900. The molecule has 1 rings (SSSR count). The normalized spacial score (nSPS) is 30.6. The summed E-state index contributed by atoms with van der Waals surface area (Å²) in [6.07, 6.45) is 1.14. The number of hydrogen-bond donors (Lipinski definition) is 1. The Hall–Kier alpha value is -0.570. The van der Waals surface area contributed by atoms with Crippen LogP contribution in [0.15, 0.2) is 0 Å². The highest BCUT2D eigenvalue weighted by Crippen LogP contribution is 2.22. The van der Waals surface area contributed by atoms with Gasteiger partial charge in [0.2, 0.25) is 5.91 Å². The molecule has 1 aliphatic heterocycles. The second-order valence-corrected chi connectivity index (χ2v) is 4.19. The summed E-state index contributed by atoms with van der Waals surface area (Å²) in [5, 5.41) is 2.99. The average Bonchev–Trinajstić information content (AvgIpc) is 2.42. The van der Waals surface area contributed by atoms with E-state index in [4.69, 9.17) is 0 Å². The molecule has 0 aromatic heterocycles. The molecule has 1 saturated heterocycles. The predicted molar refractivity (Wildman–Crippen MR) is 53.5 cm³/mol. The molecule has 0 aliphatic carbocycles. The van der Waals surface area contributed by atoms with Gasteiger partial charge in [-0.1, -0.05) is 6.92 Å². The molecule has 2 unspecified atom stereocenters. The predicted octanol–water partition coefficient (Wildman–Crippen LogP) is 0.851. The number of hydrogen-bond acceptors (Lipinski definition) is 2. The van der Waals surface area contributed by atoms with Gasteiger partial charge in [0.15, 0.2) is 0 Å². The van der Waals surface area contributed by atoms with Crippen molar-refractivity contribution < 1.29 is 4.79 Å². The number of rotatable bonds is 2. The Balaban J connectivity index is 2.57. The highest BCUT2D eigenvalue weighted by molar-refractivity contribution is 5.82. The van der Waals surface area contributed by atoms with Gasteiger partial charge < -0.3 is 10.2 Å². The van der Waals surface area contributed by atoms with Crippen LogP contribution in [0.5, 0.6) is 0 Å². The van der Waals surface area contributed by atoms with Crippen molar-refractivity contribution in [1.29, 1.82) is 0 Å². The first-order chi connectivity index (χ1) is 6.06. The number of likely N-dealkylation sites (N-methyl/N-ethyl adjacent to an activating group) is 1. The molecule has 1 N–H and O–H groups in total. The van der Waals surface area contributed by atoms with Crippen molar-refractivity contribution in [3.8, 4) is 0 Å². The maximum atomic E-state index is 11.8. The summed E-state index contributed by atoms with van der Waals surface area (Å²) >= 11 is 0. The molecule has 3 heteroatoms. The minimum absolute atomic E-state index is 0.0484. The van der Waals surface area contributed by atoms with Crippen LogP contribution < -0.4 is 5.32 Å². The van der Waals surface area contributed by atoms with Crippen molar-refractivity contribution in [3.63, 3.8) is 0 Å². The van der Waals surface area contributed by atoms with Gasteiger partial charge in [-0.05, 0) is 33.2 Å². The number of nitrogens with one attached hydrogen (secondary N) is 1. The van der Waals surface area contributed by atoms with Crippen molar-refractivity contribution in [2.75, 3.05) is 13.6 Å². The summed E-state index contributed by atoms with van der Waals surface area (Å²) in [7, 11) is 1.83. The van der Waals surface area contributed by atoms with E-state index in [0.717, 1.165) is 13.0 Å². The lowest BCUT2D eigenvalue weighted by Gasteiger charge is -2.24. The summed E-state index contributed by atoms with van der Waals surface area (Å²) in [6, 6.07) is 0.367. The molecule has 3 nitrogen and oxygen atoms in total. The molecule has 1 fully saturated rings. The summed E-state index contributed by atoms with van der Waals surface area (Å²) in [5.41, 5.74) is 0. The Morgan fingerprint density at radius 2 is 2.15 bits per heavy atom. The minimum atomic E-state index is -0.0484. The highest BCUT2D eigenvalue weighted by Gasteiger charge is 2.31. The van der Waals surface area contributed by atoms with E-state index in [1.54, 1.807) is 0 Å². The molecule has 76 valence electrons. The van der Waals surface area contributed by atoms with Crippen LogP contribution in [0.1, 0.15) is 27.2 Å². The van der Waals surface area contributed by atoms with Crippen LogP contribution >= 0.6 is 0 Å².